The summed E-state index contributed by atoms with van der Waals surface area (Å²) >= 11 is 0. The van der Waals surface area contributed by atoms with Crippen LogP contribution < -0.4 is 4.90 Å². The SMILES string of the molecule is CCCN1CN2CC(C(C)C)N=C2c2[nH]c(C34CCC(O)(CC3)CC4)nc21. The van der Waals surface area contributed by atoms with E-state index in [2.05, 4.69) is 35.6 Å². The van der Waals surface area contributed by atoms with Crippen LogP contribution in [-0.2, 0) is 5.41 Å². The number of fused-ring (bicyclic) bond motifs is 6. The van der Waals surface area contributed by atoms with Gasteiger partial charge in [0.25, 0.3) is 0 Å². The number of nitrogens with zero attached hydrogens (tertiary/aromatic N) is 4. The predicted octanol–water partition coefficient (Wildman–Crippen LogP) is 3.02. The maximum atomic E-state index is 10.6. The summed E-state index contributed by atoms with van der Waals surface area (Å²) in [5.74, 6) is 3.93. The molecule has 3 saturated carbocycles. The Kier molecular flexibility index (Phi) is 3.87. The van der Waals surface area contributed by atoms with E-state index in [1.165, 1.54) is 0 Å². The number of anilines is 1. The van der Waals surface area contributed by atoms with E-state index < -0.39 is 5.60 Å². The van der Waals surface area contributed by atoms with E-state index in [1.807, 2.05) is 0 Å². The highest BCUT2D eigenvalue weighted by Gasteiger charge is 2.51. The number of imidazole rings is 1. The molecule has 3 heterocycles. The highest BCUT2D eigenvalue weighted by molar-refractivity contribution is 6.04. The first kappa shape index (κ1) is 17.5. The first-order valence-corrected chi connectivity index (χ1v) is 10.8. The number of nitrogens with one attached hydrogen (secondary N) is 1. The fourth-order valence-corrected chi connectivity index (χ4v) is 5.54. The van der Waals surface area contributed by atoms with Gasteiger partial charge in [0.05, 0.1) is 18.3 Å². The van der Waals surface area contributed by atoms with Crippen molar-refractivity contribution in [2.24, 2.45) is 10.9 Å². The van der Waals surface area contributed by atoms with Crippen LogP contribution in [0.4, 0.5) is 5.82 Å². The van der Waals surface area contributed by atoms with E-state index in [0.29, 0.717) is 12.0 Å². The molecule has 1 aromatic heterocycles. The number of aromatic nitrogens is 2. The summed E-state index contributed by atoms with van der Waals surface area (Å²) in [6, 6.07) is 0.374. The Morgan fingerprint density at radius 2 is 1.89 bits per heavy atom. The van der Waals surface area contributed by atoms with Gasteiger partial charge in [-0.1, -0.05) is 20.8 Å². The Hall–Kier alpha value is -1.56. The van der Waals surface area contributed by atoms with Crippen molar-refractivity contribution in [2.45, 2.75) is 82.8 Å². The molecular weight excluding hydrogens is 338 g/mol. The molecule has 148 valence electrons. The number of H-pyrrole nitrogens is 1. The largest absolute Gasteiger partial charge is 0.390 e. The van der Waals surface area contributed by atoms with Gasteiger partial charge in [0.1, 0.15) is 11.5 Å². The number of hydrogen-bond acceptors (Lipinski definition) is 5. The lowest BCUT2D eigenvalue weighted by Gasteiger charge is -2.49. The lowest BCUT2D eigenvalue weighted by atomic mass is 9.58. The first-order chi connectivity index (χ1) is 12.9. The monoisotopic (exact) mass is 371 g/mol. The van der Waals surface area contributed by atoms with Gasteiger partial charge in [0.2, 0.25) is 0 Å². The number of aromatic amines is 1. The zero-order valence-corrected chi connectivity index (χ0v) is 17.0. The molecule has 3 aliphatic carbocycles. The molecule has 0 spiro atoms. The molecule has 6 heteroatoms. The van der Waals surface area contributed by atoms with Crippen LogP contribution in [-0.4, -0.2) is 57.2 Å². The smallest absolute Gasteiger partial charge is 0.159 e. The number of rotatable bonds is 4. The molecule has 3 fully saturated rings. The van der Waals surface area contributed by atoms with Gasteiger partial charge in [-0.3, -0.25) is 4.99 Å². The van der Waals surface area contributed by atoms with Crippen LogP contribution in [0.2, 0.25) is 0 Å². The van der Waals surface area contributed by atoms with E-state index in [1.54, 1.807) is 0 Å². The minimum absolute atomic E-state index is 0.126. The average Bonchev–Trinajstić information content (AvgIpc) is 3.27. The second-order valence-corrected chi connectivity index (χ2v) is 9.68. The zero-order chi connectivity index (χ0) is 18.8. The van der Waals surface area contributed by atoms with Crippen molar-refractivity contribution >= 4 is 11.7 Å². The summed E-state index contributed by atoms with van der Waals surface area (Å²) in [6.07, 6.45) is 7.02. The molecule has 5 aliphatic rings. The second-order valence-electron chi connectivity index (χ2n) is 9.68. The van der Waals surface area contributed by atoms with Crippen molar-refractivity contribution < 1.29 is 5.11 Å². The minimum Gasteiger partial charge on any atom is -0.390 e. The standard InChI is InChI=1S/C21H33N5O/c1-4-11-25-13-26-12-15(14(2)3)22-17(26)16-18(25)24-19(23-16)20-5-8-21(27,9-6-20)10-7-20/h14-15,27H,4-13H2,1-3H3,(H,23,24). The quantitative estimate of drug-likeness (QED) is 0.854. The molecule has 0 saturated heterocycles. The normalized spacial score (nSPS) is 34.9. The van der Waals surface area contributed by atoms with Crippen molar-refractivity contribution in [2.75, 3.05) is 24.7 Å². The third-order valence-electron chi connectivity index (χ3n) is 7.52. The number of aliphatic imine (C=N–C) groups is 1. The number of amidine groups is 1. The van der Waals surface area contributed by atoms with Gasteiger partial charge >= 0.3 is 0 Å². The Labute approximate surface area is 162 Å². The molecule has 2 N–H and O–H groups in total. The second kappa shape index (κ2) is 5.97. The zero-order valence-electron chi connectivity index (χ0n) is 17.0. The molecule has 27 heavy (non-hydrogen) atoms. The average molecular weight is 372 g/mol. The van der Waals surface area contributed by atoms with E-state index in [4.69, 9.17) is 9.98 Å². The van der Waals surface area contributed by atoms with E-state index >= 15 is 0 Å². The van der Waals surface area contributed by atoms with Crippen LogP contribution in [0.3, 0.4) is 0 Å². The van der Waals surface area contributed by atoms with Crippen molar-refractivity contribution in [1.82, 2.24) is 14.9 Å². The topological polar surface area (TPSA) is 67.8 Å². The third-order valence-corrected chi connectivity index (χ3v) is 7.52. The van der Waals surface area contributed by atoms with Crippen LogP contribution in [0.1, 0.15) is 77.2 Å². The lowest BCUT2D eigenvalue weighted by Crippen LogP contribution is -2.48. The van der Waals surface area contributed by atoms with Crippen LogP contribution in [0.15, 0.2) is 4.99 Å². The van der Waals surface area contributed by atoms with Gasteiger partial charge in [0.15, 0.2) is 11.7 Å². The van der Waals surface area contributed by atoms with Gasteiger partial charge < -0.3 is 19.9 Å². The fourth-order valence-electron chi connectivity index (χ4n) is 5.54. The maximum Gasteiger partial charge on any atom is 0.159 e. The Morgan fingerprint density at radius 3 is 2.52 bits per heavy atom. The summed E-state index contributed by atoms with van der Waals surface area (Å²) in [4.78, 5) is 18.9. The molecule has 0 amide bonds. The Morgan fingerprint density at radius 1 is 1.19 bits per heavy atom. The molecule has 2 bridgehead atoms. The van der Waals surface area contributed by atoms with Crippen molar-refractivity contribution in [3.8, 4) is 0 Å². The van der Waals surface area contributed by atoms with Gasteiger partial charge in [-0.05, 0) is 50.9 Å². The van der Waals surface area contributed by atoms with Crippen LogP contribution in [0.5, 0.6) is 0 Å². The van der Waals surface area contributed by atoms with Crippen molar-refractivity contribution in [3.63, 3.8) is 0 Å². The van der Waals surface area contributed by atoms with E-state index in [0.717, 1.165) is 87.9 Å². The van der Waals surface area contributed by atoms with Gasteiger partial charge in [-0.2, -0.15) is 0 Å². The summed E-state index contributed by atoms with van der Waals surface area (Å²) in [5, 5.41) is 10.6. The number of aliphatic hydroxyl groups is 1. The molecule has 1 atom stereocenters. The Bertz CT molecular complexity index is 742. The van der Waals surface area contributed by atoms with Gasteiger partial charge in [-0.15, -0.1) is 0 Å². The predicted molar refractivity (Wildman–Crippen MR) is 107 cm³/mol. The highest BCUT2D eigenvalue weighted by Crippen LogP contribution is 2.53. The van der Waals surface area contributed by atoms with Gasteiger partial charge in [-0.25, -0.2) is 4.98 Å². The Balaban J connectivity index is 1.54. The maximum absolute atomic E-state index is 10.6. The summed E-state index contributed by atoms with van der Waals surface area (Å²) in [5.41, 5.74) is 0.855. The van der Waals surface area contributed by atoms with Crippen LogP contribution in [0.25, 0.3) is 0 Å². The first-order valence-electron chi connectivity index (χ1n) is 10.8. The molecule has 2 aliphatic heterocycles. The number of hydrogen-bond donors (Lipinski definition) is 2. The van der Waals surface area contributed by atoms with E-state index in [9.17, 15) is 5.11 Å². The van der Waals surface area contributed by atoms with Crippen molar-refractivity contribution in [3.05, 3.63) is 11.5 Å². The highest BCUT2D eigenvalue weighted by atomic mass is 16.3. The molecular formula is C21H33N5O. The van der Waals surface area contributed by atoms with Gasteiger partial charge in [0, 0.05) is 18.5 Å². The van der Waals surface area contributed by atoms with E-state index in [-0.39, 0.29) is 5.41 Å². The third kappa shape index (κ3) is 2.63. The minimum atomic E-state index is -0.404. The van der Waals surface area contributed by atoms with Crippen LogP contribution in [0, 0.1) is 5.92 Å². The molecule has 6 rings (SSSR count). The van der Waals surface area contributed by atoms with Crippen LogP contribution >= 0.6 is 0 Å². The fraction of sp³-hybridized carbons (Fsp3) is 0.810. The molecule has 1 aromatic rings. The molecule has 0 radical (unpaired) electrons. The summed E-state index contributed by atoms with van der Waals surface area (Å²) in [7, 11) is 0. The molecule has 1 unspecified atom stereocenters. The molecule has 0 aromatic carbocycles. The summed E-state index contributed by atoms with van der Waals surface area (Å²) < 4.78 is 0. The molecule has 6 nitrogen and oxygen atoms in total. The summed E-state index contributed by atoms with van der Waals surface area (Å²) in [6.45, 7) is 9.71. The van der Waals surface area contributed by atoms with Crippen molar-refractivity contribution in [1.29, 1.82) is 0 Å². The lowest BCUT2D eigenvalue weighted by molar-refractivity contribution is -0.0678.